The van der Waals surface area contributed by atoms with Gasteiger partial charge in [0.1, 0.15) is 19.3 Å². The third kappa shape index (κ3) is 7.84. The minimum Gasteiger partial charge on any atom is -0.486 e. The molecule has 0 aromatic heterocycles. The van der Waals surface area contributed by atoms with Gasteiger partial charge in [0.25, 0.3) is 0 Å². The summed E-state index contributed by atoms with van der Waals surface area (Å²) in [6.07, 6.45) is 1.25. The first-order valence-electron chi connectivity index (χ1n) is 13.1. The molecule has 1 atom stereocenters. The fraction of sp³-hybridized carbons (Fsp3) is 0.355. The predicted octanol–water partition coefficient (Wildman–Crippen LogP) is 5.57. The van der Waals surface area contributed by atoms with Crippen LogP contribution in [0.25, 0.3) is 0 Å². The SMILES string of the molecule is CC(C)CNC(=O)C(Cc1ccccc1)N(Cc1cccc(Br)c1)C(=O)CCc1ccc2c(c1)OCCO2. The van der Waals surface area contributed by atoms with Gasteiger partial charge < -0.3 is 19.7 Å². The summed E-state index contributed by atoms with van der Waals surface area (Å²) >= 11 is 3.54. The Morgan fingerprint density at radius 3 is 2.37 bits per heavy atom. The van der Waals surface area contributed by atoms with Gasteiger partial charge in [-0.15, -0.1) is 0 Å². The number of fused-ring (bicyclic) bond motifs is 1. The van der Waals surface area contributed by atoms with Gasteiger partial charge in [0, 0.05) is 30.4 Å². The number of halogens is 1. The van der Waals surface area contributed by atoms with E-state index in [1.54, 1.807) is 4.90 Å². The Morgan fingerprint density at radius 2 is 1.63 bits per heavy atom. The Bertz CT molecular complexity index is 1230. The van der Waals surface area contributed by atoms with Gasteiger partial charge in [-0.2, -0.15) is 0 Å². The van der Waals surface area contributed by atoms with Crippen molar-refractivity contribution < 1.29 is 19.1 Å². The Hall–Kier alpha value is -3.32. The number of amides is 2. The van der Waals surface area contributed by atoms with Gasteiger partial charge in [-0.05, 0) is 53.3 Å². The largest absolute Gasteiger partial charge is 0.486 e. The topological polar surface area (TPSA) is 67.9 Å². The third-order valence-corrected chi connectivity index (χ3v) is 6.92. The monoisotopic (exact) mass is 578 g/mol. The summed E-state index contributed by atoms with van der Waals surface area (Å²) in [4.78, 5) is 29.1. The normalized spacial score (nSPS) is 13.2. The molecule has 0 aliphatic carbocycles. The molecule has 200 valence electrons. The number of hydrogen-bond acceptors (Lipinski definition) is 4. The molecule has 0 bridgehead atoms. The molecule has 1 aliphatic rings. The zero-order valence-electron chi connectivity index (χ0n) is 22.0. The first kappa shape index (κ1) is 27.7. The smallest absolute Gasteiger partial charge is 0.243 e. The van der Waals surface area contributed by atoms with E-state index in [-0.39, 0.29) is 18.2 Å². The van der Waals surface area contributed by atoms with Gasteiger partial charge in [-0.3, -0.25) is 9.59 Å². The molecule has 7 heteroatoms. The highest BCUT2D eigenvalue weighted by Gasteiger charge is 2.30. The van der Waals surface area contributed by atoms with Crippen molar-refractivity contribution in [3.8, 4) is 11.5 Å². The number of aryl methyl sites for hydroxylation is 1. The Morgan fingerprint density at radius 1 is 0.895 bits per heavy atom. The number of benzene rings is 3. The van der Waals surface area contributed by atoms with Crippen molar-refractivity contribution in [2.24, 2.45) is 5.92 Å². The molecule has 1 heterocycles. The van der Waals surface area contributed by atoms with E-state index in [9.17, 15) is 9.59 Å². The van der Waals surface area contributed by atoms with E-state index in [2.05, 4.69) is 35.1 Å². The Kier molecular flexibility index (Phi) is 9.82. The zero-order valence-corrected chi connectivity index (χ0v) is 23.6. The second-order valence-electron chi connectivity index (χ2n) is 9.97. The maximum absolute atomic E-state index is 13.8. The van der Waals surface area contributed by atoms with Crippen LogP contribution in [0.15, 0.2) is 77.3 Å². The summed E-state index contributed by atoms with van der Waals surface area (Å²) in [7, 11) is 0. The summed E-state index contributed by atoms with van der Waals surface area (Å²) in [6.45, 7) is 6.07. The highest BCUT2D eigenvalue weighted by atomic mass is 79.9. The van der Waals surface area contributed by atoms with Crippen LogP contribution in [0.4, 0.5) is 0 Å². The molecular weight excluding hydrogens is 544 g/mol. The number of rotatable bonds is 11. The second-order valence-corrected chi connectivity index (χ2v) is 10.9. The second kappa shape index (κ2) is 13.5. The third-order valence-electron chi connectivity index (χ3n) is 6.43. The van der Waals surface area contributed by atoms with Crippen LogP contribution in [-0.4, -0.2) is 42.5 Å². The minimum absolute atomic E-state index is 0.0690. The van der Waals surface area contributed by atoms with Crippen LogP contribution in [0, 0.1) is 5.92 Å². The van der Waals surface area contributed by atoms with Crippen LogP contribution in [0.2, 0.25) is 0 Å². The Labute approximate surface area is 233 Å². The number of carbonyl (C=O) groups is 2. The van der Waals surface area contributed by atoms with Crippen LogP contribution in [0.5, 0.6) is 11.5 Å². The molecule has 3 aromatic rings. The summed E-state index contributed by atoms with van der Waals surface area (Å²) in [5.74, 6) is 1.54. The van der Waals surface area contributed by atoms with Crippen LogP contribution in [0.1, 0.15) is 37.0 Å². The van der Waals surface area contributed by atoms with Gasteiger partial charge in [-0.1, -0.05) is 78.3 Å². The average molecular weight is 580 g/mol. The lowest BCUT2D eigenvalue weighted by Gasteiger charge is -2.32. The quantitative estimate of drug-likeness (QED) is 0.323. The molecule has 2 amide bonds. The number of ether oxygens (including phenoxy) is 2. The maximum atomic E-state index is 13.8. The van der Waals surface area contributed by atoms with Crippen molar-refractivity contribution >= 4 is 27.7 Å². The van der Waals surface area contributed by atoms with E-state index in [0.717, 1.165) is 26.9 Å². The lowest BCUT2D eigenvalue weighted by molar-refractivity contribution is -0.141. The molecule has 1 N–H and O–H groups in total. The van der Waals surface area contributed by atoms with Gasteiger partial charge in [0.05, 0.1) is 0 Å². The molecule has 3 aromatic carbocycles. The summed E-state index contributed by atoms with van der Waals surface area (Å²) in [5, 5.41) is 3.07. The molecule has 0 saturated carbocycles. The number of carbonyl (C=O) groups excluding carboxylic acids is 2. The molecule has 4 rings (SSSR count). The van der Waals surface area contributed by atoms with Gasteiger partial charge in [0.15, 0.2) is 11.5 Å². The van der Waals surface area contributed by atoms with Gasteiger partial charge >= 0.3 is 0 Å². The molecule has 6 nitrogen and oxygen atoms in total. The highest BCUT2D eigenvalue weighted by molar-refractivity contribution is 9.10. The van der Waals surface area contributed by atoms with Crippen LogP contribution >= 0.6 is 15.9 Å². The Balaban J connectivity index is 1.59. The number of nitrogens with zero attached hydrogens (tertiary/aromatic N) is 1. The fourth-order valence-corrected chi connectivity index (χ4v) is 4.89. The first-order chi connectivity index (χ1) is 18.4. The van der Waals surface area contributed by atoms with E-state index in [0.29, 0.717) is 50.8 Å². The molecule has 38 heavy (non-hydrogen) atoms. The zero-order chi connectivity index (χ0) is 26.9. The van der Waals surface area contributed by atoms with E-state index >= 15 is 0 Å². The average Bonchev–Trinajstić information content (AvgIpc) is 2.92. The van der Waals surface area contributed by atoms with Crippen molar-refractivity contribution in [1.29, 1.82) is 0 Å². The minimum atomic E-state index is -0.636. The molecule has 0 radical (unpaired) electrons. The summed E-state index contributed by atoms with van der Waals surface area (Å²) < 4.78 is 12.3. The van der Waals surface area contributed by atoms with Crippen LogP contribution in [0.3, 0.4) is 0 Å². The van der Waals surface area contributed by atoms with Crippen molar-refractivity contribution in [2.45, 2.75) is 45.7 Å². The van der Waals surface area contributed by atoms with Gasteiger partial charge in [0.2, 0.25) is 11.8 Å². The predicted molar refractivity (Wildman–Crippen MR) is 152 cm³/mol. The fourth-order valence-electron chi connectivity index (χ4n) is 4.45. The van der Waals surface area contributed by atoms with E-state index in [1.165, 1.54) is 0 Å². The summed E-state index contributed by atoms with van der Waals surface area (Å²) in [5.41, 5.74) is 2.96. The van der Waals surface area contributed by atoms with Crippen molar-refractivity contribution in [1.82, 2.24) is 10.2 Å². The first-order valence-corrected chi connectivity index (χ1v) is 13.9. The molecule has 0 fully saturated rings. The molecule has 1 aliphatic heterocycles. The summed E-state index contributed by atoms with van der Waals surface area (Å²) in [6, 6.07) is 22.9. The number of nitrogens with one attached hydrogen (secondary N) is 1. The standard InChI is InChI=1S/C31H35BrN2O4/c1-22(2)20-33-31(36)27(18-23-7-4-3-5-8-23)34(21-25-9-6-10-26(32)17-25)30(35)14-12-24-11-13-28-29(19-24)38-16-15-37-28/h3-11,13,17,19,22,27H,12,14-16,18,20-21H2,1-2H3,(H,33,36). The lowest BCUT2D eigenvalue weighted by Crippen LogP contribution is -2.51. The van der Waals surface area contributed by atoms with Crippen LogP contribution in [-0.2, 0) is 29.0 Å². The van der Waals surface area contributed by atoms with E-state index < -0.39 is 6.04 Å². The maximum Gasteiger partial charge on any atom is 0.243 e. The van der Waals surface area contributed by atoms with Crippen LogP contribution < -0.4 is 14.8 Å². The van der Waals surface area contributed by atoms with Crippen molar-refractivity contribution in [3.63, 3.8) is 0 Å². The molecule has 0 saturated heterocycles. The van der Waals surface area contributed by atoms with E-state index in [1.807, 2.05) is 72.8 Å². The lowest BCUT2D eigenvalue weighted by atomic mass is 10.0. The van der Waals surface area contributed by atoms with E-state index in [4.69, 9.17) is 9.47 Å². The van der Waals surface area contributed by atoms with Gasteiger partial charge in [-0.25, -0.2) is 0 Å². The van der Waals surface area contributed by atoms with Crippen molar-refractivity contribution in [3.05, 3.63) is 94.0 Å². The highest BCUT2D eigenvalue weighted by Crippen LogP contribution is 2.31. The number of hydrogen-bond donors (Lipinski definition) is 1. The van der Waals surface area contributed by atoms with Crippen molar-refractivity contribution in [2.75, 3.05) is 19.8 Å². The molecule has 1 unspecified atom stereocenters. The molecule has 0 spiro atoms. The molecular formula is C31H35BrN2O4.